The van der Waals surface area contributed by atoms with Gasteiger partial charge in [0.15, 0.2) is 0 Å². The van der Waals surface area contributed by atoms with Gasteiger partial charge in [-0.05, 0) is 55.0 Å². The first-order valence-corrected chi connectivity index (χ1v) is 7.98. The Hall–Kier alpha value is -2.05. The molecule has 3 rings (SSSR count). The Bertz CT molecular complexity index is 671. The van der Waals surface area contributed by atoms with Gasteiger partial charge in [-0.15, -0.1) is 0 Å². The number of hydrogen-bond donors (Lipinski definition) is 0. The fraction of sp³-hybridized carbons (Fsp3) is 0.333. The van der Waals surface area contributed by atoms with Crippen molar-refractivity contribution in [3.63, 3.8) is 0 Å². The largest absolute Gasteiger partial charge is 0.355 e. The van der Waals surface area contributed by atoms with Gasteiger partial charge in [0, 0.05) is 24.3 Å². The summed E-state index contributed by atoms with van der Waals surface area (Å²) in [5.41, 5.74) is 1.90. The Labute approximate surface area is 136 Å². The van der Waals surface area contributed by atoms with Crippen molar-refractivity contribution in [1.82, 2.24) is 4.98 Å². The zero-order chi connectivity index (χ0) is 15.4. The molecular formula is C18H18ClN3. The molecular weight excluding hydrogens is 294 g/mol. The van der Waals surface area contributed by atoms with Crippen molar-refractivity contribution in [2.45, 2.75) is 19.3 Å². The van der Waals surface area contributed by atoms with Crippen LogP contribution in [0.4, 0.5) is 5.82 Å². The van der Waals surface area contributed by atoms with E-state index >= 15 is 0 Å². The molecule has 0 bridgehead atoms. The van der Waals surface area contributed by atoms with Gasteiger partial charge in [0.05, 0.1) is 5.56 Å². The van der Waals surface area contributed by atoms with Gasteiger partial charge in [0.1, 0.15) is 11.9 Å². The molecule has 0 N–H and O–H groups in total. The molecule has 1 aromatic carbocycles. The molecule has 0 unspecified atom stereocenters. The van der Waals surface area contributed by atoms with E-state index in [-0.39, 0.29) is 0 Å². The number of rotatable bonds is 6. The average Bonchev–Trinajstić information content (AvgIpc) is 3.37. The minimum absolute atomic E-state index is 0.652. The number of pyridine rings is 1. The third kappa shape index (κ3) is 3.78. The lowest BCUT2D eigenvalue weighted by molar-refractivity contribution is 0.706. The Balaban J connectivity index is 1.74. The monoisotopic (exact) mass is 311 g/mol. The van der Waals surface area contributed by atoms with Crippen molar-refractivity contribution < 1.29 is 0 Å². The minimum Gasteiger partial charge on any atom is -0.355 e. The van der Waals surface area contributed by atoms with E-state index in [1.54, 1.807) is 6.20 Å². The Kier molecular flexibility index (Phi) is 4.60. The van der Waals surface area contributed by atoms with E-state index in [2.05, 4.69) is 28.1 Å². The molecule has 0 amide bonds. The molecule has 1 aliphatic rings. The molecule has 1 aromatic heterocycles. The first-order valence-electron chi connectivity index (χ1n) is 7.61. The first-order chi connectivity index (χ1) is 10.8. The number of halogens is 1. The van der Waals surface area contributed by atoms with Crippen molar-refractivity contribution in [2.24, 2.45) is 5.92 Å². The van der Waals surface area contributed by atoms with E-state index in [0.717, 1.165) is 36.3 Å². The predicted molar refractivity (Wildman–Crippen MR) is 89.0 cm³/mol. The third-order valence-electron chi connectivity index (χ3n) is 3.97. The molecule has 0 spiro atoms. The summed E-state index contributed by atoms with van der Waals surface area (Å²) in [5, 5.41) is 10.1. The van der Waals surface area contributed by atoms with Crippen LogP contribution in [-0.2, 0) is 6.42 Å². The highest BCUT2D eigenvalue weighted by Crippen LogP contribution is 2.31. The van der Waals surface area contributed by atoms with Crippen molar-refractivity contribution in [2.75, 3.05) is 18.0 Å². The van der Waals surface area contributed by atoms with Gasteiger partial charge < -0.3 is 4.90 Å². The molecule has 1 aliphatic carbocycles. The second-order valence-electron chi connectivity index (χ2n) is 5.75. The molecule has 4 heteroatoms. The maximum atomic E-state index is 9.30. The van der Waals surface area contributed by atoms with Gasteiger partial charge in [-0.25, -0.2) is 4.98 Å². The molecule has 22 heavy (non-hydrogen) atoms. The van der Waals surface area contributed by atoms with Crippen molar-refractivity contribution in [3.8, 4) is 6.07 Å². The molecule has 2 aromatic rings. The van der Waals surface area contributed by atoms with Crippen LogP contribution in [0.15, 0.2) is 42.6 Å². The fourth-order valence-electron chi connectivity index (χ4n) is 2.55. The van der Waals surface area contributed by atoms with E-state index in [9.17, 15) is 5.26 Å². The van der Waals surface area contributed by atoms with Gasteiger partial charge in [0.25, 0.3) is 0 Å². The summed E-state index contributed by atoms with van der Waals surface area (Å²) in [4.78, 5) is 6.69. The molecule has 0 radical (unpaired) electrons. The zero-order valence-electron chi connectivity index (χ0n) is 12.4. The summed E-state index contributed by atoms with van der Waals surface area (Å²) in [5.74, 6) is 1.56. The molecule has 0 atom stereocenters. The van der Waals surface area contributed by atoms with E-state index in [1.165, 1.54) is 18.4 Å². The molecule has 1 heterocycles. The summed E-state index contributed by atoms with van der Waals surface area (Å²) in [6, 6.07) is 13.9. The number of benzene rings is 1. The van der Waals surface area contributed by atoms with Crippen LogP contribution in [0, 0.1) is 17.2 Å². The smallest absolute Gasteiger partial charge is 0.146 e. The van der Waals surface area contributed by atoms with Crippen LogP contribution < -0.4 is 4.90 Å². The highest BCUT2D eigenvalue weighted by Gasteiger charge is 2.25. The summed E-state index contributed by atoms with van der Waals surface area (Å²) in [6.07, 6.45) is 5.25. The lowest BCUT2D eigenvalue weighted by Crippen LogP contribution is -2.29. The Morgan fingerprint density at radius 2 is 2.00 bits per heavy atom. The van der Waals surface area contributed by atoms with Crippen LogP contribution in [0.25, 0.3) is 0 Å². The number of nitrogens with zero attached hydrogens (tertiary/aromatic N) is 3. The molecule has 1 fully saturated rings. The predicted octanol–water partition coefficient (Wildman–Crippen LogP) is 4.07. The van der Waals surface area contributed by atoms with Crippen LogP contribution in [0.3, 0.4) is 0 Å². The number of hydrogen-bond acceptors (Lipinski definition) is 3. The van der Waals surface area contributed by atoms with Gasteiger partial charge >= 0.3 is 0 Å². The summed E-state index contributed by atoms with van der Waals surface area (Å²) in [7, 11) is 0. The van der Waals surface area contributed by atoms with Gasteiger partial charge in [-0.1, -0.05) is 23.7 Å². The Morgan fingerprint density at radius 3 is 2.68 bits per heavy atom. The molecule has 112 valence electrons. The summed E-state index contributed by atoms with van der Waals surface area (Å²) in [6.45, 7) is 1.85. The van der Waals surface area contributed by atoms with Crippen LogP contribution in [0.1, 0.15) is 24.0 Å². The number of nitriles is 1. The maximum Gasteiger partial charge on any atom is 0.146 e. The zero-order valence-corrected chi connectivity index (χ0v) is 13.1. The van der Waals surface area contributed by atoms with Gasteiger partial charge in [0.2, 0.25) is 0 Å². The van der Waals surface area contributed by atoms with Crippen LogP contribution in [0.5, 0.6) is 0 Å². The maximum absolute atomic E-state index is 9.30. The quantitative estimate of drug-likeness (QED) is 0.807. The minimum atomic E-state index is 0.652. The Morgan fingerprint density at radius 1 is 1.23 bits per heavy atom. The standard InChI is InChI=1S/C18H18ClN3/c19-17-7-5-14(6-8-17)9-11-22(13-15-3-4-15)18-16(12-20)2-1-10-21-18/h1-2,5-8,10,15H,3-4,9,11,13H2. The summed E-state index contributed by atoms with van der Waals surface area (Å²) >= 11 is 5.93. The van der Waals surface area contributed by atoms with Crippen molar-refractivity contribution in [3.05, 3.63) is 58.7 Å². The SMILES string of the molecule is N#Cc1cccnc1N(CCc1ccc(Cl)cc1)CC1CC1. The topological polar surface area (TPSA) is 39.9 Å². The molecule has 0 aliphatic heterocycles. The van der Waals surface area contributed by atoms with E-state index in [1.807, 2.05) is 24.3 Å². The second kappa shape index (κ2) is 6.81. The lowest BCUT2D eigenvalue weighted by atomic mass is 10.1. The fourth-order valence-corrected chi connectivity index (χ4v) is 2.67. The van der Waals surface area contributed by atoms with Gasteiger partial charge in [-0.2, -0.15) is 5.26 Å². The molecule has 1 saturated carbocycles. The second-order valence-corrected chi connectivity index (χ2v) is 6.19. The first kappa shape index (κ1) is 14.9. The third-order valence-corrected chi connectivity index (χ3v) is 4.22. The highest BCUT2D eigenvalue weighted by molar-refractivity contribution is 6.30. The van der Waals surface area contributed by atoms with Crippen molar-refractivity contribution in [1.29, 1.82) is 5.26 Å². The van der Waals surface area contributed by atoms with Gasteiger partial charge in [-0.3, -0.25) is 0 Å². The normalized spacial score (nSPS) is 13.6. The van der Waals surface area contributed by atoms with Crippen molar-refractivity contribution >= 4 is 17.4 Å². The molecule has 3 nitrogen and oxygen atoms in total. The van der Waals surface area contributed by atoms with Crippen LogP contribution in [0.2, 0.25) is 5.02 Å². The number of anilines is 1. The summed E-state index contributed by atoms with van der Waals surface area (Å²) < 4.78 is 0. The van der Waals surface area contributed by atoms with E-state index in [0.29, 0.717) is 5.56 Å². The highest BCUT2D eigenvalue weighted by atomic mass is 35.5. The average molecular weight is 312 g/mol. The number of aromatic nitrogens is 1. The van der Waals surface area contributed by atoms with Crippen LogP contribution in [-0.4, -0.2) is 18.1 Å². The lowest BCUT2D eigenvalue weighted by Gasteiger charge is -2.24. The van der Waals surface area contributed by atoms with Crippen LogP contribution >= 0.6 is 11.6 Å². The van der Waals surface area contributed by atoms with E-state index < -0.39 is 0 Å². The van der Waals surface area contributed by atoms with E-state index in [4.69, 9.17) is 11.6 Å². The molecule has 0 saturated heterocycles.